The van der Waals surface area contributed by atoms with Gasteiger partial charge in [0, 0.05) is 19.6 Å². The molecular weight excluding hydrogens is 270 g/mol. The third-order valence-electron chi connectivity index (χ3n) is 3.82. The van der Waals surface area contributed by atoms with E-state index in [-0.39, 0.29) is 18.6 Å². The van der Waals surface area contributed by atoms with Crippen molar-refractivity contribution in [3.63, 3.8) is 0 Å². The number of aliphatic hydroxyl groups excluding tert-OH is 4. The first-order valence-corrected chi connectivity index (χ1v) is 7.90. The van der Waals surface area contributed by atoms with Crippen LogP contribution >= 0.6 is 0 Å². The number of rotatable bonds is 10. The predicted octanol–water partition coefficient (Wildman–Crippen LogP) is 0.703. The fourth-order valence-corrected chi connectivity index (χ4v) is 2.52. The molecule has 0 rings (SSSR count). The van der Waals surface area contributed by atoms with Crippen LogP contribution in [-0.4, -0.2) is 70.4 Å². The molecule has 0 bridgehead atoms. The molecule has 4 N–H and O–H groups in total. The van der Waals surface area contributed by atoms with Crippen LogP contribution in [0.4, 0.5) is 0 Å². The number of aliphatic hydroxyl groups is 4. The van der Waals surface area contributed by atoms with Gasteiger partial charge in [0.15, 0.2) is 0 Å². The first-order chi connectivity index (χ1) is 9.59. The Kier molecular flexibility index (Phi) is 9.65. The zero-order chi connectivity index (χ0) is 16.6. The average molecular weight is 305 g/mol. The highest BCUT2D eigenvalue weighted by molar-refractivity contribution is 4.80. The van der Waals surface area contributed by atoms with Crippen molar-refractivity contribution in [2.75, 3.05) is 32.8 Å². The zero-order valence-corrected chi connectivity index (χ0v) is 14.3. The maximum absolute atomic E-state index is 9.68. The molecule has 0 aliphatic carbocycles. The Hall–Kier alpha value is -0.200. The van der Waals surface area contributed by atoms with Crippen LogP contribution in [0.15, 0.2) is 0 Å². The zero-order valence-electron chi connectivity index (χ0n) is 14.3. The molecule has 0 aromatic heterocycles. The minimum atomic E-state index is -0.824. The minimum Gasteiger partial charge on any atom is -0.394 e. The summed E-state index contributed by atoms with van der Waals surface area (Å²) in [7, 11) is 0. The molecule has 0 saturated heterocycles. The Bertz CT molecular complexity index is 253. The summed E-state index contributed by atoms with van der Waals surface area (Å²) < 4.78 is 0. The van der Waals surface area contributed by atoms with E-state index in [9.17, 15) is 10.2 Å². The van der Waals surface area contributed by atoms with E-state index < -0.39 is 12.2 Å². The van der Waals surface area contributed by atoms with Crippen molar-refractivity contribution in [2.24, 2.45) is 17.3 Å². The van der Waals surface area contributed by atoms with Gasteiger partial charge in [-0.05, 0) is 23.7 Å². The normalized spacial score (nSPS) is 17.3. The summed E-state index contributed by atoms with van der Waals surface area (Å²) >= 11 is 0. The van der Waals surface area contributed by atoms with Gasteiger partial charge in [-0.1, -0.05) is 34.6 Å². The third kappa shape index (κ3) is 9.42. The Labute approximate surface area is 129 Å². The van der Waals surface area contributed by atoms with Gasteiger partial charge in [0.25, 0.3) is 0 Å². The summed E-state index contributed by atoms with van der Waals surface area (Å²) in [5, 5.41) is 37.4. The van der Waals surface area contributed by atoms with Gasteiger partial charge in [0.1, 0.15) is 0 Å². The number of hydrogen-bond acceptors (Lipinski definition) is 5. The molecule has 0 saturated carbocycles. The first kappa shape index (κ1) is 20.8. The van der Waals surface area contributed by atoms with Gasteiger partial charge in [0.2, 0.25) is 0 Å². The molecule has 0 heterocycles. The van der Waals surface area contributed by atoms with Crippen LogP contribution in [0.2, 0.25) is 0 Å². The molecule has 3 unspecified atom stereocenters. The smallest absolute Gasteiger partial charge is 0.0897 e. The summed E-state index contributed by atoms with van der Waals surface area (Å²) in [6, 6.07) is 0. The van der Waals surface area contributed by atoms with Gasteiger partial charge in [-0.3, -0.25) is 4.90 Å². The van der Waals surface area contributed by atoms with E-state index >= 15 is 0 Å². The van der Waals surface area contributed by atoms with Gasteiger partial charge in [-0.2, -0.15) is 0 Å². The summed E-state index contributed by atoms with van der Waals surface area (Å²) in [5.74, 6) is 0.982. The molecule has 0 fully saturated rings. The Balaban J connectivity index is 4.85. The molecule has 0 aromatic rings. The molecule has 3 atom stereocenters. The highest BCUT2D eigenvalue weighted by Gasteiger charge is 2.28. The van der Waals surface area contributed by atoms with Gasteiger partial charge >= 0.3 is 0 Å². The monoisotopic (exact) mass is 305 g/mol. The van der Waals surface area contributed by atoms with Crippen molar-refractivity contribution in [1.29, 1.82) is 0 Å². The van der Waals surface area contributed by atoms with Crippen LogP contribution in [0.3, 0.4) is 0 Å². The van der Waals surface area contributed by atoms with Crippen molar-refractivity contribution < 1.29 is 20.4 Å². The lowest BCUT2D eigenvalue weighted by molar-refractivity contribution is 0.00781. The molecule has 0 aromatic carbocycles. The lowest BCUT2D eigenvalue weighted by Gasteiger charge is -2.37. The van der Waals surface area contributed by atoms with Gasteiger partial charge in [-0.25, -0.2) is 0 Å². The van der Waals surface area contributed by atoms with Crippen molar-refractivity contribution in [1.82, 2.24) is 4.90 Å². The standard InChI is InChI=1S/C16H35NO4/c1-12(2)6-13(16(3,4)5)7-17(8-14(20)10-18)9-15(21)11-19/h12-15,18-21H,6-11H2,1-5H3. The molecule has 21 heavy (non-hydrogen) atoms. The van der Waals surface area contributed by atoms with E-state index in [1.54, 1.807) is 0 Å². The quantitative estimate of drug-likeness (QED) is 0.477. The van der Waals surface area contributed by atoms with Crippen molar-refractivity contribution in [3.05, 3.63) is 0 Å². The third-order valence-corrected chi connectivity index (χ3v) is 3.82. The van der Waals surface area contributed by atoms with Crippen molar-refractivity contribution >= 4 is 0 Å². The van der Waals surface area contributed by atoms with Crippen LogP contribution in [0.25, 0.3) is 0 Å². The largest absolute Gasteiger partial charge is 0.394 e. The number of nitrogens with zero attached hydrogens (tertiary/aromatic N) is 1. The maximum atomic E-state index is 9.68. The highest BCUT2D eigenvalue weighted by Crippen LogP contribution is 2.32. The van der Waals surface area contributed by atoms with E-state index in [1.807, 2.05) is 4.90 Å². The second-order valence-corrected chi connectivity index (χ2v) is 7.58. The van der Waals surface area contributed by atoms with Crippen molar-refractivity contribution in [2.45, 2.75) is 53.2 Å². The van der Waals surface area contributed by atoms with Crippen LogP contribution in [0, 0.1) is 17.3 Å². The summed E-state index contributed by atoms with van der Waals surface area (Å²) in [5.41, 5.74) is 0.122. The van der Waals surface area contributed by atoms with E-state index in [2.05, 4.69) is 34.6 Å². The predicted molar refractivity (Wildman–Crippen MR) is 85.0 cm³/mol. The molecular formula is C16H35NO4. The maximum Gasteiger partial charge on any atom is 0.0897 e. The lowest BCUT2D eigenvalue weighted by atomic mass is 9.76. The first-order valence-electron chi connectivity index (χ1n) is 7.90. The minimum absolute atomic E-state index is 0.122. The van der Waals surface area contributed by atoms with E-state index in [0.29, 0.717) is 24.9 Å². The lowest BCUT2D eigenvalue weighted by Crippen LogP contribution is -2.45. The molecule has 128 valence electrons. The van der Waals surface area contributed by atoms with Crippen molar-refractivity contribution in [3.8, 4) is 0 Å². The van der Waals surface area contributed by atoms with E-state index in [0.717, 1.165) is 13.0 Å². The van der Waals surface area contributed by atoms with Crippen LogP contribution in [-0.2, 0) is 0 Å². The summed E-state index contributed by atoms with van der Waals surface area (Å²) in [6.45, 7) is 11.7. The Morgan fingerprint density at radius 3 is 1.57 bits per heavy atom. The van der Waals surface area contributed by atoms with Gasteiger partial charge in [-0.15, -0.1) is 0 Å². The number of hydrogen-bond donors (Lipinski definition) is 4. The second kappa shape index (κ2) is 9.74. The SMILES string of the molecule is CC(C)CC(CN(CC(O)CO)CC(O)CO)C(C)(C)C. The molecule has 0 radical (unpaired) electrons. The van der Waals surface area contributed by atoms with Crippen LogP contribution < -0.4 is 0 Å². The topological polar surface area (TPSA) is 84.2 Å². The Morgan fingerprint density at radius 1 is 0.857 bits per heavy atom. The molecule has 5 nitrogen and oxygen atoms in total. The summed E-state index contributed by atoms with van der Waals surface area (Å²) in [6.07, 6.45) is -0.587. The fraction of sp³-hybridized carbons (Fsp3) is 1.00. The highest BCUT2D eigenvalue weighted by atomic mass is 16.3. The average Bonchev–Trinajstić information content (AvgIpc) is 2.35. The van der Waals surface area contributed by atoms with Crippen LogP contribution in [0.5, 0.6) is 0 Å². The molecule has 0 aliphatic rings. The second-order valence-electron chi connectivity index (χ2n) is 7.58. The fourth-order valence-electron chi connectivity index (χ4n) is 2.52. The molecule has 5 heteroatoms. The Morgan fingerprint density at radius 2 is 1.29 bits per heavy atom. The molecule has 0 spiro atoms. The summed E-state index contributed by atoms with van der Waals surface area (Å²) in [4.78, 5) is 1.94. The van der Waals surface area contributed by atoms with Gasteiger partial charge in [0.05, 0.1) is 25.4 Å². The van der Waals surface area contributed by atoms with E-state index in [4.69, 9.17) is 10.2 Å². The molecule has 0 amide bonds. The van der Waals surface area contributed by atoms with Crippen LogP contribution in [0.1, 0.15) is 41.0 Å². The van der Waals surface area contributed by atoms with E-state index in [1.165, 1.54) is 0 Å². The molecule has 0 aliphatic heterocycles. The van der Waals surface area contributed by atoms with Gasteiger partial charge < -0.3 is 20.4 Å².